The Hall–Kier alpha value is -3.31. The summed E-state index contributed by atoms with van der Waals surface area (Å²) in [6, 6.07) is 23.4. The van der Waals surface area contributed by atoms with E-state index < -0.39 is 18.6 Å². The van der Waals surface area contributed by atoms with Crippen molar-refractivity contribution in [2.24, 2.45) is 0 Å². The van der Waals surface area contributed by atoms with Gasteiger partial charge in [-0.1, -0.05) is 72.3 Å². The Labute approximate surface area is 185 Å². The number of aliphatic carboxylic acids is 1. The van der Waals surface area contributed by atoms with Crippen molar-refractivity contribution in [1.29, 1.82) is 0 Å². The van der Waals surface area contributed by atoms with Crippen molar-refractivity contribution < 1.29 is 19.4 Å². The van der Waals surface area contributed by atoms with E-state index in [2.05, 4.69) is 12.1 Å². The quantitative estimate of drug-likeness (QED) is 0.552. The molecule has 0 aliphatic heterocycles. The van der Waals surface area contributed by atoms with Gasteiger partial charge in [0.05, 0.1) is 0 Å². The zero-order chi connectivity index (χ0) is 21.8. The van der Waals surface area contributed by atoms with E-state index in [9.17, 15) is 14.7 Å². The summed E-state index contributed by atoms with van der Waals surface area (Å²) in [5.74, 6) is -1.15. The standard InChI is InChI=1S/C25H22ClNO4/c26-18-11-9-17(10-12-18)13-14-27(15-24(28)29)25(30)31-16-23-21-7-3-1-5-19(21)20-6-2-4-8-22(20)23/h1-12,23H,13-16H2,(H,28,29). The van der Waals surface area contributed by atoms with Crippen molar-refractivity contribution in [3.8, 4) is 11.1 Å². The second-order valence-corrected chi connectivity index (χ2v) is 7.93. The van der Waals surface area contributed by atoms with Crippen molar-refractivity contribution in [2.45, 2.75) is 12.3 Å². The van der Waals surface area contributed by atoms with Crippen LogP contribution in [0.4, 0.5) is 4.79 Å². The lowest BCUT2D eigenvalue weighted by molar-refractivity contribution is -0.138. The Kier molecular flexibility index (Phi) is 6.23. The number of hydrogen-bond donors (Lipinski definition) is 1. The molecule has 1 N–H and O–H groups in total. The Morgan fingerprint density at radius 2 is 1.48 bits per heavy atom. The van der Waals surface area contributed by atoms with Gasteiger partial charge in [0.2, 0.25) is 0 Å². The van der Waals surface area contributed by atoms with E-state index in [0.717, 1.165) is 27.8 Å². The predicted octanol–water partition coefficient (Wildman–Crippen LogP) is 5.22. The second kappa shape index (κ2) is 9.23. The maximum absolute atomic E-state index is 12.8. The molecule has 1 aliphatic rings. The number of benzene rings is 3. The molecule has 3 aromatic carbocycles. The number of hydrogen-bond acceptors (Lipinski definition) is 3. The third-order valence-electron chi connectivity index (χ3n) is 5.50. The van der Waals surface area contributed by atoms with Crippen LogP contribution in [0.15, 0.2) is 72.8 Å². The normalized spacial score (nSPS) is 12.2. The zero-order valence-electron chi connectivity index (χ0n) is 16.8. The van der Waals surface area contributed by atoms with Crippen molar-refractivity contribution in [3.63, 3.8) is 0 Å². The molecule has 5 nitrogen and oxygen atoms in total. The maximum Gasteiger partial charge on any atom is 0.410 e. The first-order valence-electron chi connectivity index (χ1n) is 10.1. The van der Waals surface area contributed by atoms with Crippen LogP contribution in [0.3, 0.4) is 0 Å². The fourth-order valence-electron chi connectivity index (χ4n) is 4.00. The van der Waals surface area contributed by atoms with Gasteiger partial charge < -0.3 is 9.84 Å². The van der Waals surface area contributed by atoms with E-state index in [0.29, 0.717) is 11.4 Å². The number of carboxylic acid groups (broad SMARTS) is 1. The summed E-state index contributed by atoms with van der Waals surface area (Å²) in [5.41, 5.74) is 5.48. The van der Waals surface area contributed by atoms with Gasteiger partial charge in [-0.05, 0) is 46.4 Å². The molecule has 0 spiro atoms. The molecule has 0 bridgehead atoms. The highest BCUT2D eigenvalue weighted by molar-refractivity contribution is 6.30. The summed E-state index contributed by atoms with van der Waals surface area (Å²) in [7, 11) is 0. The molecule has 3 aromatic rings. The highest BCUT2D eigenvalue weighted by Crippen LogP contribution is 2.44. The van der Waals surface area contributed by atoms with Crippen LogP contribution < -0.4 is 0 Å². The number of carbonyl (C=O) groups excluding carboxylic acids is 1. The number of fused-ring (bicyclic) bond motifs is 3. The van der Waals surface area contributed by atoms with Crippen molar-refractivity contribution in [1.82, 2.24) is 4.90 Å². The predicted molar refractivity (Wildman–Crippen MR) is 119 cm³/mol. The highest BCUT2D eigenvalue weighted by Gasteiger charge is 2.30. The monoisotopic (exact) mass is 435 g/mol. The first-order chi connectivity index (χ1) is 15.0. The van der Waals surface area contributed by atoms with Crippen LogP contribution in [0.5, 0.6) is 0 Å². The molecule has 0 unspecified atom stereocenters. The van der Waals surface area contributed by atoms with Crippen LogP contribution in [0.1, 0.15) is 22.6 Å². The first kappa shape index (κ1) is 20.9. The van der Waals surface area contributed by atoms with Gasteiger partial charge in [-0.25, -0.2) is 4.79 Å². The number of carboxylic acids is 1. The lowest BCUT2D eigenvalue weighted by Crippen LogP contribution is -2.38. The van der Waals surface area contributed by atoms with Gasteiger partial charge in [0.15, 0.2) is 0 Å². The molecule has 0 saturated heterocycles. The van der Waals surface area contributed by atoms with Gasteiger partial charge in [0.25, 0.3) is 0 Å². The van der Waals surface area contributed by atoms with Crippen molar-refractivity contribution >= 4 is 23.7 Å². The minimum atomic E-state index is -1.08. The van der Waals surface area contributed by atoms with Gasteiger partial charge in [0, 0.05) is 17.5 Å². The Balaban J connectivity index is 1.45. The van der Waals surface area contributed by atoms with Gasteiger partial charge in [-0.3, -0.25) is 9.69 Å². The van der Waals surface area contributed by atoms with Crippen LogP contribution in [0.2, 0.25) is 5.02 Å². The third kappa shape index (κ3) is 4.72. The molecule has 0 saturated carbocycles. The van der Waals surface area contributed by atoms with E-state index in [1.807, 2.05) is 48.5 Å². The molecule has 1 aliphatic carbocycles. The first-order valence-corrected chi connectivity index (χ1v) is 10.5. The van der Waals surface area contributed by atoms with E-state index in [-0.39, 0.29) is 19.1 Å². The second-order valence-electron chi connectivity index (χ2n) is 7.50. The summed E-state index contributed by atoms with van der Waals surface area (Å²) in [5, 5.41) is 9.87. The molecule has 158 valence electrons. The lowest BCUT2D eigenvalue weighted by atomic mass is 9.98. The number of carbonyl (C=O) groups is 2. The molecule has 0 atom stereocenters. The zero-order valence-corrected chi connectivity index (χ0v) is 17.6. The Bertz CT molecular complexity index is 1050. The highest BCUT2D eigenvalue weighted by atomic mass is 35.5. The minimum Gasteiger partial charge on any atom is -0.480 e. The third-order valence-corrected chi connectivity index (χ3v) is 5.76. The molecule has 31 heavy (non-hydrogen) atoms. The van der Waals surface area contributed by atoms with Gasteiger partial charge in [-0.15, -0.1) is 0 Å². The fraction of sp³-hybridized carbons (Fsp3) is 0.200. The number of rotatable bonds is 7. The molecule has 0 radical (unpaired) electrons. The molecular weight excluding hydrogens is 414 g/mol. The Morgan fingerprint density at radius 3 is 2.06 bits per heavy atom. The largest absolute Gasteiger partial charge is 0.480 e. The molecule has 1 amide bonds. The molecule has 0 fully saturated rings. The summed E-state index contributed by atoms with van der Waals surface area (Å²) in [4.78, 5) is 25.3. The van der Waals surface area contributed by atoms with Gasteiger partial charge in [0.1, 0.15) is 13.2 Å². The van der Waals surface area contributed by atoms with E-state index >= 15 is 0 Å². The Morgan fingerprint density at radius 1 is 0.903 bits per heavy atom. The van der Waals surface area contributed by atoms with E-state index in [1.165, 1.54) is 4.90 Å². The van der Waals surface area contributed by atoms with Gasteiger partial charge in [-0.2, -0.15) is 0 Å². The molecule has 0 aromatic heterocycles. The lowest BCUT2D eigenvalue weighted by Gasteiger charge is -2.22. The minimum absolute atomic E-state index is 0.0701. The summed E-state index contributed by atoms with van der Waals surface area (Å²) in [6.45, 7) is -0.0151. The SMILES string of the molecule is O=C(O)CN(CCc1ccc(Cl)cc1)C(=O)OCC1c2ccccc2-c2ccccc21. The van der Waals surface area contributed by atoms with Gasteiger partial charge >= 0.3 is 12.1 Å². The summed E-state index contributed by atoms with van der Waals surface area (Å²) >= 11 is 5.91. The summed E-state index contributed by atoms with van der Waals surface area (Å²) in [6.07, 6.45) is -0.118. The maximum atomic E-state index is 12.8. The van der Waals surface area contributed by atoms with Crippen LogP contribution in [0, 0.1) is 0 Å². The number of amides is 1. The van der Waals surface area contributed by atoms with E-state index in [1.54, 1.807) is 12.1 Å². The van der Waals surface area contributed by atoms with Crippen LogP contribution in [-0.2, 0) is 16.0 Å². The van der Waals surface area contributed by atoms with Crippen molar-refractivity contribution in [3.05, 3.63) is 94.5 Å². The average Bonchev–Trinajstić information content (AvgIpc) is 3.09. The smallest absolute Gasteiger partial charge is 0.410 e. The average molecular weight is 436 g/mol. The summed E-state index contributed by atoms with van der Waals surface area (Å²) < 4.78 is 5.61. The molecule has 4 rings (SSSR count). The molecule has 0 heterocycles. The van der Waals surface area contributed by atoms with Crippen molar-refractivity contribution in [2.75, 3.05) is 19.7 Å². The number of halogens is 1. The fourth-order valence-corrected chi connectivity index (χ4v) is 4.12. The number of ether oxygens (including phenoxy) is 1. The van der Waals surface area contributed by atoms with Crippen LogP contribution in [-0.4, -0.2) is 41.8 Å². The number of nitrogens with zero attached hydrogens (tertiary/aromatic N) is 1. The molecule has 6 heteroatoms. The topological polar surface area (TPSA) is 66.8 Å². The molecular formula is C25H22ClNO4. The van der Waals surface area contributed by atoms with E-state index in [4.69, 9.17) is 16.3 Å². The van der Waals surface area contributed by atoms with Crippen LogP contribution >= 0.6 is 11.6 Å². The van der Waals surface area contributed by atoms with Crippen LogP contribution in [0.25, 0.3) is 11.1 Å².